The van der Waals surface area contributed by atoms with Crippen LogP contribution in [0, 0.1) is 0 Å². The van der Waals surface area contributed by atoms with E-state index in [4.69, 9.17) is 13.9 Å². The number of esters is 1. The maximum Gasteiger partial charge on any atom is 0.338 e. The molecule has 1 amide bonds. The van der Waals surface area contributed by atoms with Gasteiger partial charge >= 0.3 is 5.97 Å². The molecule has 1 aromatic heterocycles. The van der Waals surface area contributed by atoms with Crippen molar-refractivity contribution in [2.24, 2.45) is 0 Å². The lowest BCUT2D eigenvalue weighted by Crippen LogP contribution is -2.29. The van der Waals surface area contributed by atoms with Gasteiger partial charge < -0.3 is 13.9 Å². The molecule has 2 heterocycles. The lowest BCUT2D eigenvalue weighted by Gasteiger charge is -2.25. The van der Waals surface area contributed by atoms with Gasteiger partial charge in [-0.05, 0) is 66.9 Å². The number of rotatable bonds is 11. The number of ether oxygens (including phenoxy) is 2. The van der Waals surface area contributed by atoms with Crippen molar-refractivity contribution in [3.63, 3.8) is 0 Å². The van der Waals surface area contributed by atoms with Gasteiger partial charge in [-0.25, -0.2) is 4.79 Å². The summed E-state index contributed by atoms with van der Waals surface area (Å²) in [6, 6.07) is 20.4. The van der Waals surface area contributed by atoms with Crippen LogP contribution in [0.15, 0.2) is 82.0 Å². The van der Waals surface area contributed by atoms with Gasteiger partial charge in [0.25, 0.3) is 5.91 Å². The molecule has 206 valence electrons. The Kier molecular flexibility index (Phi) is 8.29. The van der Waals surface area contributed by atoms with E-state index in [1.54, 1.807) is 53.4 Å². The Morgan fingerprint density at radius 1 is 0.875 bits per heavy atom. The number of hydrogen-bond donors (Lipinski definition) is 0. The molecule has 1 aliphatic heterocycles. The quantitative estimate of drug-likeness (QED) is 0.150. The van der Waals surface area contributed by atoms with Crippen molar-refractivity contribution in [1.29, 1.82) is 0 Å². The van der Waals surface area contributed by atoms with Crippen LogP contribution in [0.2, 0.25) is 0 Å². The monoisotopic (exact) mass is 539 g/mol. The minimum Gasteiger partial charge on any atom is -0.494 e. The van der Waals surface area contributed by atoms with Crippen molar-refractivity contribution in [2.45, 2.75) is 52.0 Å². The van der Waals surface area contributed by atoms with E-state index in [2.05, 4.69) is 6.92 Å². The summed E-state index contributed by atoms with van der Waals surface area (Å²) in [6.45, 7) is 5.11. The number of carbonyl (C=O) groups excluding carboxylic acids is 2. The number of anilines is 1. The molecule has 0 bridgehead atoms. The molecule has 0 spiro atoms. The molecule has 0 aliphatic carbocycles. The fourth-order valence-corrected chi connectivity index (χ4v) is 4.97. The highest BCUT2D eigenvalue weighted by Crippen LogP contribution is 2.42. The predicted molar refractivity (Wildman–Crippen MR) is 154 cm³/mol. The number of fused-ring (bicyclic) bond motifs is 2. The predicted octanol–water partition coefficient (Wildman–Crippen LogP) is 7.07. The number of hydrogen-bond acceptors (Lipinski definition) is 6. The van der Waals surface area contributed by atoms with Gasteiger partial charge in [-0.2, -0.15) is 0 Å². The summed E-state index contributed by atoms with van der Waals surface area (Å²) in [7, 11) is 0. The summed E-state index contributed by atoms with van der Waals surface area (Å²) >= 11 is 0. The molecule has 0 radical (unpaired) electrons. The Balaban J connectivity index is 1.56. The van der Waals surface area contributed by atoms with Crippen LogP contribution in [-0.4, -0.2) is 25.1 Å². The first-order valence-corrected chi connectivity index (χ1v) is 13.9. The van der Waals surface area contributed by atoms with Crippen LogP contribution in [0.3, 0.4) is 0 Å². The van der Waals surface area contributed by atoms with Crippen molar-refractivity contribution < 1.29 is 23.5 Å². The first kappa shape index (κ1) is 27.2. The van der Waals surface area contributed by atoms with Gasteiger partial charge in [0.1, 0.15) is 11.3 Å². The SMILES string of the molecule is CCCCCOc1cccc(C2c3c(oc4ccccc4c3=O)C(=O)N2c2ccc(C(=O)OCCCC)cc2)c1. The standard InChI is InChI=1S/C33H33NO6/c1-3-5-9-20-38-25-12-10-11-23(21-25)29-28-30(35)26-13-7-8-14-27(26)40-31(28)32(36)34(29)24-17-15-22(16-18-24)33(37)39-19-6-4-2/h7-8,10-18,21,29H,3-6,9,19-20H2,1-2H3. The number of unbranched alkanes of at least 4 members (excludes halogenated alkanes) is 3. The third kappa shape index (κ3) is 5.37. The van der Waals surface area contributed by atoms with Gasteiger partial charge in [0, 0.05) is 5.69 Å². The van der Waals surface area contributed by atoms with Crippen LogP contribution in [-0.2, 0) is 4.74 Å². The third-order valence-electron chi connectivity index (χ3n) is 7.08. The second kappa shape index (κ2) is 12.2. The molecule has 1 aliphatic rings. The van der Waals surface area contributed by atoms with Crippen LogP contribution in [0.1, 0.15) is 84.0 Å². The summed E-state index contributed by atoms with van der Waals surface area (Å²) in [5, 5.41) is 0.415. The number of nitrogens with zero attached hydrogens (tertiary/aromatic N) is 1. The van der Waals surface area contributed by atoms with E-state index in [0.717, 1.165) is 37.7 Å². The molecule has 0 saturated carbocycles. The van der Waals surface area contributed by atoms with Gasteiger partial charge in [-0.1, -0.05) is 57.4 Å². The van der Waals surface area contributed by atoms with E-state index in [0.29, 0.717) is 41.2 Å². The number of para-hydroxylation sites is 1. The van der Waals surface area contributed by atoms with Gasteiger partial charge in [-0.3, -0.25) is 14.5 Å². The van der Waals surface area contributed by atoms with Crippen LogP contribution >= 0.6 is 0 Å². The molecule has 1 atom stereocenters. The van der Waals surface area contributed by atoms with Crippen molar-refractivity contribution >= 4 is 28.5 Å². The topological polar surface area (TPSA) is 86.0 Å². The third-order valence-corrected chi connectivity index (χ3v) is 7.08. The fraction of sp³-hybridized carbons (Fsp3) is 0.303. The molecule has 40 heavy (non-hydrogen) atoms. The number of benzene rings is 3. The Morgan fingerprint density at radius 2 is 1.65 bits per heavy atom. The van der Waals surface area contributed by atoms with Gasteiger partial charge in [0.15, 0.2) is 5.43 Å². The maximum absolute atomic E-state index is 13.9. The molecule has 3 aromatic carbocycles. The van der Waals surface area contributed by atoms with E-state index in [1.807, 2.05) is 31.2 Å². The Morgan fingerprint density at radius 3 is 2.42 bits per heavy atom. The van der Waals surface area contributed by atoms with Gasteiger partial charge in [-0.15, -0.1) is 0 Å². The average molecular weight is 540 g/mol. The Hall–Kier alpha value is -4.39. The molecule has 7 heteroatoms. The van der Waals surface area contributed by atoms with Gasteiger partial charge in [0.2, 0.25) is 5.76 Å². The zero-order valence-electron chi connectivity index (χ0n) is 22.9. The summed E-state index contributed by atoms with van der Waals surface area (Å²) in [5.41, 5.74) is 2.05. The van der Waals surface area contributed by atoms with E-state index in [9.17, 15) is 14.4 Å². The molecule has 1 unspecified atom stereocenters. The zero-order valence-corrected chi connectivity index (χ0v) is 22.9. The second-order valence-corrected chi connectivity index (χ2v) is 9.91. The first-order chi connectivity index (χ1) is 19.5. The molecule has 5 rings (SSSR count). The highest BCUT2D eigenvalue weighted by molar-refractivity contribution is 6.10. The molecular formula is C33H33NO6. The summed E-state index contributed by atoms with van der Waals surface area (Å²) in [6.07, 6.45) is 4.84. The highest BCUT2D eigenvalue weighted by Gasteiger charge is 2.43. The van der Waals surface area contributed by atoms with Gasteiger partial charge in [0.05, 0.1) is 35.8 Å². The molecule has 0 saturated heterocycles. The van der Waals surface area contributed by atoms with Crippen LogP contribution in [0.25, 0.3) is 11.0 Å². The Bertz CT molecular complexity index is 1570. The molecule has 0 fully saturated rings. The maximum atomic E-state index is 13.9. The first-order valence-electron chi connectivity index (χ1n) is 13.9. The molecule has 0 N–H and O–H groups in total. The summed E-state index contributed by atoms with van der Waals surface area (Å²) < 4.78 is 17.4. The minimum absolute atomic E-state index is 0.0195. The fourth-order valence-electron chi connectivity index (χ4n) is 4.97. The minimum atomic E-state index is -0.732. The lowest BCUT2D eigenvalue weighted by atomic mass is 9.98. The van der Waals surface area contributed by atoms with Crippen molar-refractivity contribution in [3.8, 4) is 5.75 Å². The normalized spacial score (nSPS) is 14.4. The molecule has 4 aromatic rings. The van der Waals surface area contributed by atoms with E-state index < -0.39 is 17.9 Å². The second-order valence-electron chi connectivity index (χ2n) is 9.91. The van der Waals surface area contributed by atoms with Crippen LogP contribution in [0.4, 0.5) is 5.69 Å². The van der Waals surface area contributed by atoms with Crippen LogP contribution < -0.4 is 15.1 Å². The summed E-state index contributed by atoms with van der Waals surface area (Å²) in [4.78, 5) is 41.7. The van der Waals surface area contributed by atoms with E-state index >= 15 is 0 Å². The average Bonchev–Trinajstić information content (AvgIpc) is 3.28. The van der Waals surface area contributed by atoms with E-state index in [-0.39, 0.29) is 16.8 Å². The molecule has 7 nitrogen and oxygen atoms in total. The molecular weight excluding hydrogens is 506 g/mol. The highest BCUT2D eigenvalue weighted by atomic mass is 16.5. The van der Waals surface area contributed by atoms with Crippen LogP contribution in [0.5, 0.6) is 5.75 Å². The van der Waals surface area contributed by atoms with Crippen molar-refractivity contribution in [3.05, 3.63) is 105 Å². The smallest absolute Gasteiger partial charge is 0.338 e. The summed E-state index contributed by atoms with van der Waals surface area (Å²) in [5.74, 6) is -0.144. The number of carbonyl (C=O) groups is 2. The van der Waals surface area contributed by atoms with Crippen molar-refractivity contribution in [2.75, 3.05) is 18.1 Å². The largest absolute Gasteiger partial charge is 0.494 e. The lowest BCUT2D eigenvalue weighted by molar-refractivity contribution is 0.0499. The van der Waals surface area contributed by atoms with E-state index in [1.165, 1.54) is 0 Å². The van der Waals surface area contributed by atoms with Crippen molar-refractivity contribution in [1.82, 2.24) is 0 Å². The zero-order chi connectivity index (χ0) is 28.1. The Labute approximate surface area is 233 Å². The number of amides is 1.